The third-order valence-corrected chi connectivity index (χ3v) is 8.75. The van der Waals surface area contributed by atoms with Crippen LogP contribution in [0.4, 0.5) is 0 Å². The molecule has 0 radical (unpaired) electrons. The van der Waals surface area contributed by atoms with Crippen LogP contribution in [-0.2, 0) is 25.7 Å². The molecule has 4 aromatic carbocycles. The van der Waals surface area contributed by atoms with E-state index in [1.54, 1.807) is 26.8 Å². The molecule has 1 aliphatic rings. The van der Waals surface area contributed by atoms with Crippen molar-refractivity contribution in [1.82, 2.24) is 9.88 Å². The minimum absolute atomic E-state index is 0.0272. The molecule has 11 heteroatoms. The van der Waals surface area contributed by atoms with Crippen LogP contribution in [0.2, 0.25) is 0 Å². The number of benzene rings is 4. The highest BCUT2D eigenvalue weighted by Gasteiger charge is 2.35. The van der Waals surface area contributed by atoms with E-state index in [0.717, 1.165) is 27.4 Å². The topological polar surface area (TPSA) is 149 Å². The van der Waals surface area contributed by atoms with Crippen molar-refractivity contribution >= 4 is 45.8 Å². The summed E-state index contributed by atoms with van der Waals surface area (Å²) in [5.41, 5.74) is 1.30. The number of carboxylic acid groups (broad SMARTS) is 1. The molecule has 52 heavy (non-hydrogen) atoms. The first-order chi connectivity index (χ1) is 24.9. The number of aliphatic carboxylic acids is 1. The first-order valence-electron chi connectivity index (χ1n) is 16.9. The smallest absolute Gasteiger partial charge is 0.339 e. The first-order valence-corrected chi connectivity index (χ1v) is 16.9. The van der Waals surface area contributed by atoms with Crippen molar-refractivity contribution in [2.45, 2.75) is 64.6 Å². The summed E-state index contributed by atoms with van der Waals surface area (Å²) in [6.45, 7) is 6.79. The van der Waals surface area contributed by atoms with Crippen molar-refractivity contribution in [2.75, 3.05) is 6.79 Å². The maximum atomic E-state index is 14.5. The van der Waals surface area contributed by atoms with E-state index in [9.17, 15) is 24.6 Å². The summed E-state index contributed by atoms with van der Waals surface area (Å²) in [6, 6.07) is 26.0. The van der Waals surface area contributed by atoms with E-state index >= 15 is 0 Å². The van der Waals surface area contributed by atoms with Gasteiger partial charge >= 0.3 is 11.9 Å². The number of aromatic nitrogens is 1. The van der Waals surface area contributed by atoms with Gasteiger partial charge in [-0.1, -0.05) is 60.7 Å². The monoisotopic (exact) mass is 704 g/mol. The van der Waals surface area contributed by atoms with Gasteiger partial charge in [0.1, 0.15) is 11.1 Å². The number of oxazole rings is 1. The van der Waals surface area contributed by atoms with Gasteiger partial charge in [0.15, 0.2) is 22.8 Å². The van der Waals surface area contributed by atoms with Crippen LogP contribution in [0.3, 0.4) is 0 Å². The molecule has 0 saturated heterocycles. The fraction of sp³-hybridized carbons (Fsp3) is 0.268. The lowest BCUT2D eigenvalue weighted by atomic mass is 9.87. The van der Waals surface area contributed by atoms with Crippen LogP contribution in [0, 0.1) is 0 Å². The minimum Gasteiger partial charge on any atom is -0.503 e. The number of ether oxygens (including phenoxy) is 3. The summed E-state index contributed by atoms with van der Waals surface area (Å²) in [5.74, 6) is -3.24. The number of allylic oxidation sites excluding steroid dienone is 1. The zero-order valence-corrected chi connectivity index (χ0v) is 29.4. The molecule has 6 rings (SSSR count). The second-order valence-corrected chi connectivity index (χ2v) is 13.6. The largest absolute Gasteiger partial charge is 0.503 e. The Morgan fingerprint density at radius 2 is 1.65 bits per heavy atom. The predicted molar refractivity (Wildman–Crippen MR) is 195 cm³/mol. The Labute approximate surface area is 300 Å². The van der Waals surface area contributed by atoms with Crippen molar-refractivity contribution in [3.05, 3.63) is 119 Å². The van der Waals surface area contributed by atoms with Gasteiger partial charge < -0.3 is 33.7 Å². The molecule has 11 nitrogen and oxygen atoms in total. The van der Waals surface area contributed by atoms with Crippen LogP contribution >= 0.6 is 0 Å². The number of hydrogen-bond acceptors (Lipinski definition) is 9. The lowest BCUT2D eigenvalue weighted by Gasteiger charge is -2.35. The average molecular weight is 705 g/mol. The highest BCUT2D eigenvalue weighted by atomic mass is 16.7. The highest BCUT2D eigenvalue weighted by molar-refractivity contribution is 6.03. The molecular formula is C41H40N2O9. The van der Waals surface area contributed by atoms with Crippen molar-refractivity contribution in [3.8, 4) is 11.5 Å². The van der Waals surface area contributed by atoms with Crippen LogP contribution in [0.15, 0.2) is 107 Å². The van der Waals surface area contributed by atoms with Crippen LogP contribution in [-0.4, -0.2) is 56.4 Å². The molecule has 2 atom stereocenters. The number of carboxylic acids is 1. The minimum atomic E-state index is -1.41. The van der Waals surface area contributed by atoms with Crippen LogP contribution in [0.1, 0.15) is 63.5 Å². The molecule has 1 amide bonds. The number of esters is 1. The van der Waals surface area contributed by atoms with Crippen LogP contribution < -0.4 is 9.47 Å². The van der Waals surface area contributed by atoms with Gasteiger partial charge in [-0.2, -0.15) is 0 Å². The van der Waals surface area contributed by atoms with Gasteiger partial charge in [0.05, 0.1) is 12.0 Å². The fourth-order valence-electron chi connectivity index (χ4n) is 6.19. The number of carbonyl (C=O) groups excluding carboxylic acids is 2. The van der Waals surface area contributed by atoms with Gasteiger partial charge in [-0.05, 0) is 92.4 Å². The van der Waals surface area contributed by atoms with Gasteiger partial charge in [0, 0.05) is 18.5 Å². The molecule has 268 valence electrons. The Balaban J connectivity index is 1.42. The molecule has 1 aliphatic heterocycles. The summed E-state index contributed by atoms with van der Waals surface area (Å²) in [4.78, 5) is 45.6. The Bertz CT molecular complexity index is 2160. The summed E-state index contributed by atoms with van der Waals surface area (Å²) < 4.78 is 22.6. The average Bonchev–Trinajstić information content (AvgIpc) is 3.76. The van der Waals surface area contributed by atoms with E-state index in [2.05, 4.69) is 4.98 Å². The number of carbonyl (C=O) groups is 3. The van der Waals surface area contributed by atoms with E-state index in [1.165, 1.54) is 4.90 Å². The molecule has 0 unspecified atom stereocenters. The van der Waals surface area contributed by atoms with Crippen molar-refractivity contribution in [2.24, 2.45) is 0 Å². The first kappa shape index (κ1) is 35.7. The summed E-state index contributed by atoms with van der Waals surface area (Å²) in [6.07, 6.45) is 3.15. The number of fused-ring (bicyclic) bond motifs is 3. The van der Waals surface area contributed by atoms with Crippen molar-refractivity contribution in [1.29, 1.82) is 0 Å². The Morgan fingerprint density at radius 1 is 0.923 bits per heavy atom. The Morgan fingerprint density at radius 3 is 2.40 bits per heavy atom. The van der Waals surface area contributed by atoms with Gasteiger partial charge in [-0.15, -0.1) is 0 Å². The SMILES string of the molecule is C[C@H]([C@H](CC=Cc1nc2ccccc2o1)c1ccc2c(c1)OCO2)N(Cc1ccc2ccccc2c1)C(=O)C(O)=C(CC(=O)O)C(=O)OC(C)(C)C. The van der Waals surface area contributed by atoms with E-state index in [4.69, 9.17) is 18.6 Å². The van der Waals surface area contributed by atoms with Gasteiger partial charge in [-0.3, -0.25) is 9.59 Å². The van der Waals surface area contributed by atoms with Crippen LogP contribution in [0.25, 0.3) is 27.9 Å². The quantitative estimate of drug-likeness (QED) is 0.0745. The number of nitrogens with zero attached hydrogens (tertiary/aromatic N) is 2. The molecule has 0 aliphatic carbocycles. The number of para-hydroxylation sites is 2. The van der Waals surface area contributed by atoms with Crippen LogP contribution in [0.5, 0.6) is 11.5 Å². The summed E-state index contributed by atoms with van der Waals surface area (Å²) >= 11 is 0. The summed E-state index contributed by atoms with van der Waals surface area (Å²) in [5, 5.41) is 23.1. The van der Waals surface area contributed by atoms with E-state index < -0.39 is 53.2 Å². The maximum absolute atomic E-state index is 14.5. The molecule has 0 spiro atoms. The maximum Gasteiger partial charge on any atom is 0.339 e. The highest BCUT2D eigenvalue weighted by Crippen LogP contribution is 2.38. The zero-order valence-electron chi connectivity index (χ0n) is 29.4. The molecule has 2 heterocycles. The normalized spacial score (nSPS) is 14.3. The second kappa shape index (κ2) is 15.0. The Hall–Kier alpha value is -6.10. The lowest BCUT2D eigenvalue weighted by Crippen LogP contribution is -2.43. The molecule has 1 aromatic heterocycles. The molecule has 0 bridgehead atoms. The van der Waals surface area contributed by atoms with Gasteiger partial charge in [-0.25, -0.2) is 9.78 Å². The number of aliphatic hydroxyl groups is 1. The Kier molecular flexibility index (Phi) is 10.3. The third-order valence-electron chi connectivity index (χ3n) is 8.75. The summed E-state index contributed by atoms with van der Waals surface area (Å²) in [7, 11) is 0. The number of amides is 1. The number of hydrogen-bond donors (Lipinski definition) is 2. The lowest BCUT2D eigenvalue weighted by molar-refractivity contribution is -0.152. The number of aliphatic hydroxyl groups excluding tert-OH is 1. The predicted octanol–water partition coefficient (Wildman–Crippen LogP) is 7.94. The number of rotatable bonds is 12. The molecular weight excluding hydrogens is 664 g/mol. The molecule has 0 fully saturated rings. The van der Waals surface area contributed by atoms with Gasteiger partial charge in [0.2, 0.25) is 12.7 Å². The van der Waals surface area contributed by atoms with E-state index in [0.29, 0.717) is 29.4 Å². The van der Waals surface area contributed by atoms with Crippen molar-refractivity contribution < 1.29 is 43.2 Å². The third kappa shape index (κ3) is 8.26. The second-order valence-electron chi connectivity index (χ2n) is 13.6. The van der Waals surface area contributed by atoms with E-state index in [-0.39, 0.29) is 13.3 Å². The molecule has 5 aromatic rings. The molecule has 2 N–H and O–H groups in total. The molecule has 0 saturated carbocycles. The van der Waals surface area contributed by atoms with E-state index in [1.807, 2.05) is 97.9 Å². The van der Waals surface area contributed by atoms with Crippen molar-refractivity contribution in [3.63, 3.8) is 0 Å². The van der Waals surface area contributed by atoms with Gasteiger partial charge in [0.25, 0.3) is 5.91 Å². The zero-order chi connectivity index (χ0) is 37.0. The standard InChI is InChI=1S/C41H40N2O9/c1-25(30(29-18-19-34-35(21-29)50-24-49-34)12-9-15-36-42-32-13-7-8-14-33(32)51-36)43(23-26-16-17-27-10-5-6-11-28(27)20-26)39(47)38(46)31(22-37(44)45)40(48)52-41(2,3)4/h5-11,13-21,25,30,46H,12,22-24H2,1-4H3,(H,44,45)/t25-,30+/m1/s1. The fourth-order valence-corrected chi connectivity index (χ4v) is 6.19.